The van der Waals surface area contributed by atoms with Gasteiger partial charge < -0.3 is 20.4 Å². The van der Waals surface area contributed by atoms with Crippen molar-refractivity contribution in [3.8, 4) is 0 Å². The predicted molar refractivity (Wildman–Crippen MR) is 111 cm³/mol. The molecule has 1 fully saturated rings. The minimum atomic E-state index is -1.44. The Morgan fingerprint density at radius 1 is 1.47 bits per heavy atom. The molecule has 0 radical (unpaired) electrons. The smallest absolute Gasteiger partial charge is 0.543 e. The first-order valence-corrected chi connectivity index (χ1v) is 12.5. The van der Waals surface area contributed by atoms with E-state index < -0.39 is 29.2 Å². The Hall–Kier alpha value is -1.36. The summed E-state index contributed by atoms with van der Waals surface area (Å²) in [6.07, 6.45) is -0.209. The molecule has 4 rings (SSSR count). The van der Waals surface area contributed by atoms with Gasteiger partial charge in [0.05, 0.1) is 23.8 Å². The van der Waals surface area contributed by atoms with Crippen LogP contribution in [0.5, 0.6) is 0 Å². The topological polar surface area (TPSA) is 164 Å². The Kier molecular flexibility index (Phi) is 8.11. The van der Waals surface area contributed by atoms with Gasteiger partial charge in [0.2, 0.25) is 10.7 Å². The molecule has 0 bridgehead atoms. The maximum absolute atomic E-state index is 12.7. The van der Waals surface area contributed by atoms with Crippen molar-refractivity contribution in [1.29, 1.82) is 5.41 Å². The zero-order valence-electron chi connectivity index (χ0n) is 16.9. The van der Waals surface area contributed by atoms with Crippen LogP contribution in [-0.4, -0.2) is 64.9 Å². The van der Waals surface area contributed by atoms with Crippen LogP contribution in [-0.2, 0) is 20.8 Å². The van der Waals surface area contributed by atoms with Gasteiger partial charge in [-0.15, -0.1) is 23.1 Å². The minimum Gasteiger partial charge on any atom is -0.543 e. The average molecular weight is 523 g/mol. The molecule has 1 unspecified atom stereocenters. The van der Waals surface area contributed by atoms with Crippen molar-refractivity contribution in [2.75, 3.05) is 11.5 Å². The molecule has 2 aromatic rings. The second-order valence-corrected chi connectivity index (χ2v) is 10.5. The van der Waals surface area contributed by atoms with Gasteiger partial charge in [0.25, 0.3) is 5.91 Å². The normalized spacial score (nSPS) is 19.8. The first kappa shape index (κ1) is 25.3. The summed E-state index contributed by atoms with van der Waals surface area (Å²) in [6, 6.07) is -0.867. The molecule has 0 aliphatic carbocycles. The molecule has 1 saturated heterocycles. The van der Waals surface area contributed by atoms with Crippen molar-refractivity contribution in [3.05, 3.63) is 33.0 Å². The van der Waals surface area contributed by atoms with E-state index in [1.54, 1.807) is 6.92 Å². The van der Waals surface area contributed by atoms with Crippen LogP contribution in [0.4, 0.5) is 0 Å². The summed E-state index contributed by atoms with van der Waals surface area (Å²) in [6.45, 7) is 1.77. The number of nitrogens with one attached hydrogen (secondary N) is 2. The van der Waals surface area contributed by atoms with Crippen LogP contribution in [0.15, 0.2) is 21.0 Å². The fraction of sp³-hybridized carbons (Fsp3) is 0.375. The van der Waals surface area contributed by atoms with Crippen molar-refractivity contribution in [2.24, 2.45) is 0 Å². The quantitative estimate of drug-likeness (QED) is 0.143. The number of fused-ring (bicyclic) bond motifs is 1. The number of hydrogen-bond acceptors (Lipinski definition) is 12. The van der Waals surface area contributed by atoms with Gasteiger partial charge in [0.15, 0.2) is 4.34 Å². The van der Waals surface area contributed by atoms with E-state index in [0.29, 0.717) is 32.0 Å². The number of thioether (sulfide) groups is 2. The molecule has 32 heavy (non-hydrogen) atoms. The molecule has 2 aliphatic rings. The number of thiazole rings is 1. The minimum absolute atomic E-state index is 0. The molecule has 164 valence electrons. The Labute approximate surface area is 220 Å². The van der Waals surface area contributed by atoms with Crippen LogP contribution < -0.4 is 44.8 Å². The van der Waals surface area contributed by atoms with Crippen molar-refractivity contribution < 1.29 is 54.3 Å². The van der Waals surface area contributed by atoms with Crippen LogP contribution in [0, 0.1) is 12.3 Å². The summed E-state index contributed by atoms with van der Waals surface area (Å²) in [5.41, 5.74) is 0.631. The molecule has 0 spiro atoms. The van der Waals surface area contributed by atoms with E-state index in [-0.39, 0.29) is 52.2 Å². The summed E-state index contributed by atoms with van der Waals surface area (Å²) in [5.74, 6) is -1.12. The van der Waals surface area contributed by atoms with Gasteiger partial charge in [0, 0.05) is 16.9 Å². The summed E-state index contributed by atoms with van der Waals surface area (Å²) in [7, 11) is 0. The molecule has 4 heterocycles. The molecular weight excluding hydrogens is 507 g/mol. The second-order valence-electron chi connectivity index (χ2n) is 6.61. The SMILES string of the molecule is Cc1nsc(SCC2=C(C(=O)[O-])N3C(=O)C(NC(=O)Cc4csc(=N)n4O)[C@H]3SC2)n1.[Na+]. The van der Waals surface area contributed by atoms with E-state index in [9.17, 15) is 24.7 Å². The van der Waals surface area contributed by atoms with Crippen LogP contribution in [0.3, 0.4) is 0 Å². The third-order valence-electron chi connectivity index (χ3n) is 4.55. The maximum Gasteiger partial charge on any atom is 1.00 e. The molecule has 0 aromatic carbocycles. The molecule has 3 N–H and O–H groups in total. The number of carboxylic acids is 1. The molecule has 2 aromatic heterocycles. The monoisotopic (exact) mass is 522 g/mol. The Morgan fingerprint density at radius 2 is 2.22 bits per heavy atom. The van der Waals surface area contributed by atoms with Crippen LogP contribution in [0.2, 0.25) is 0 Å². The van der Waals surface area contributed by atoms with Crippen LogP contribution in [0.25, 0.3) is 0 Å². The number of nitrogens with zero attached hydrogens (tertiary/aromatic N) is 4. The van der Waals surface area contributed by atoms with Crippen molar-refractivity contribution in [1.82, 2.24) is 24.3 Å². The second kappa shape index (κ2) is 10.3. The molecule has 0 saturated carbocycles. The average Bonchev–Trinajstić information content (AvgIpc) is 3.29. The first-order chi connectivity index (χ1) is 14.8. The van der Waals surface area contributed by atoms with Gasteiger partial charge in [-0.3, -0.25) is 19.9 Å². The van der Waals surface area contributed by atoms with E-state index in [4.69, 9.17) is 5.41 Å². The Balaban J connectivity index is 0.00000289. The third kappa shape index (κ3) is 4.93. The number of carboxylic acid groups (broad SMARTS) is 1. The summed E-state index contributed by atoms with van der Waals surface area (Å²) < 4.78 is 5.40. The van der Waals surface area contributed by atoms with Gasteiger partial charge >= 0.3 is 29.6 Å². The largest absolute Gasteiger partial charge is 1.00 e. The number of amides is 2. The van der Waals surface area contributed by atoms with Gasteiger partial charge in [-0.2, -0.15) is 9.10 Å². The van der Waals surface area contributed by atoms with Gasteiger partial charge in [0.1, 0.15) is 17.2 Å². The molecule has 16 heteroatoms. The molecular formula is C16H15N6NaO5S4. The summed E-state index contributed by atoms with van der Waals surface area (Å²) >= 11 is 4.91. The van der Waals surface area contributed by atoms with Gasteiger partial charge in [-0.05, 0) is 24.0 Å². The summed E-state index contributed by atoms with van der Waals surface area (Å²) in [5, 5.41) is 32.5. The number of β-lactam (4-membered cyclic amide) rings is 1. The standard InChI is InChI=1S/C16H16N6O5S4.Na/c1-6-18-16(31-20-6)30-4-7-3-28-13-10(12(24)21(13)11(7)14(25)26)19-9(23)2-8-5-29-15(17)22(8)27;/h5,10,13,17,27H,2-4H2,1H3,(H,19,23)(H,25,26);/q;+1/p-1/t10?,13-;/m1./s1. The van der Waals surface area contributed by atoms with Crippen molar-refractivity contribution >= 4 is 64.2 Å². The number of aromatic nitrogens is 3. The number of rotatable bonds is 7. The predicted octanol–water partition coefficient (Wildman–Crippen LogP) is -3.83. The first-order valence-electron chi connectivity index (χ1n) is 8.80. The van der Waals surface area contributed by atoms with Crippen LogP contribution >= 0.6 is 46.4 Å². The zero-order chi connectivity index (χ0) is 22.3. The maximum atomic E-state index is 12.7. The van der Waals surface area contributed by atoms with E-state index >= 15 is 0 Å². The van der Waals surface area contributed by atoms with E-state index in [1.165, 1.54) is 40.4 Å². The van der Waals surface area contributed by atoms with E-state index in [2.05, 4.69) is 14.7 Å². The number of aryl methyl sites for hydroxylation is 1. The van der Waals surface area contributed by atoms with E-state index in [0.717, 1.165) is 16.2 Å². The van der Waals surface area contributed by atoms with Gasteiger partial charge in [-0.1, -0.05) is 11.8 Å². The van der Waals surface area contributed by atoms with Crippen molar-refractivity contribution in [3.63, 3.8) is 0 Å². The fourth-order valence-electron chi connectivity index (χ4n) is 3.13. The molecule has 2 aliphatic heterocycles. The molecule has 2 atom stereocenters. The van der Waals surface area contributed by atoms with Gasteiger partial charge in [-0.25, -0.2) is 4.98 Å². The Bertz CT molecular complexity index is 1160. The fourth-order valence-corrected chi connectivity index (χ4v) is 6.91. The van der Waals surface area contributed by atoms with Crippen molar-refractivity contribution in [2.45, 2.75) is 29.1 Å². The number of aliphatic carboxylic acids is 1. The third-order valence-corrected chi connectivity index (χ3v) is 8.69. The number of hydrogen-bond donors (Lipinski definition) is 3. The Morgan fingerprint density at radius 3 is 2.81 bits per heavy atom. The molecule has 2 amide bonds. The molecule has 11 nitrogen and oxygen atoms in total. The number of carbonyl (C=O) groups excluding carboxylic acids is 3. The van der Waals surface area contributed by atoms with E-state index in [1.807, 2.05) is 0 Å². The zero-order valence-corrected chi connectivity index (χ0v) is 22.1. The van der Waals surface area contributed by atoms with Crippen LogP contribution in [0.1, 0.15) is 11.5 Å². The summed E-state index contributed by atoms with van der Waals surface area (Å²) in [4.78, 5) is 42.0. The number of carbonyl (C=O) groups is 3.